The lowest BCUT2D eigenvalue weighted by atomic mass is 10.5. The number of carboxylic acids is 1. The van der Waals surface area contributed by atoms with Crippen molar-refractivity contribution in [2.75, 3.05) is 0 Å². The maximum atomic E-state index is 10.1. The van der Waals surface area contributed by atoms with Gasteiger partial charge >= 0.3 is 5.97 Å². The predicted molar refractivity (Wildman–Crippen MR) is 49.4 cm³/mol. The fourth-order valence-electron chi connectivity index (χ4n) is 0.636. The van der Waals surface area contributed by atoms with Gasteiger partial charge in [-0.15, -0.1) is 0 Å². The molecule has 0 aliphatic heterocycles. The Balaban J connectivity index is 2.59. The Kier molecular flexibility index (Phi) is 3.45. The summed E-state index contributed by atoms with van der Waals surface area (Å²) in [4.78, 5) is 18.1. The molecule has 0 spiro atoms. The Hall–Kier alpha value is -1.36. The van der Waals surface area contributed by atoms with Crippen LogP contribution in [0.5, 0.6) is 0 Å². The third-order valence-corrected chi connectivity index (χ3v) is 1.84. The van der Waals surface area contributed by atoms with Gasteiger partial charge < -0.3 is 5.11 Å². The molecule has 1 rings (SSSR count). The van der Waals surface area contributed by atoms with E-state index in [1.807, 2.05) is 6.92 Å². The zero-order valence-corrected chi connectivity index (χ0v) is 7.78. The molecule has 0 fully saturated rings. The zero-order valence-electron chi connectivity index (χ0n) is 6.97. The summed E-state index contributed by atoms with van der Waals surface area (Å²) in [6.07, 6.45) is 2.69. The second-order valence-corrected chi connectivity index (χ2v) is 3.11. The molecule has 1 aromatic rings. The van der Waals surface area contributed by atoms with Crippen LogP contribution in [0, 0.1) is 6.92 Å². The van der Waals surface area contributed by atoms with E-state index in [0.29, 0.717) is 5.16 Å². The van der Waals surface area contributed by atoms with Gasteiger partial charge in [0.1, 0.15) is 0 Å². The minimum Gasteiger partial charge on any atom is -0.478 e. The Morgan fingerprint density at radius 2 is 2.46 bits per heavy atom. The van der Waals surface area contributed by atoms with E-state index in [-0.39, 0.29) is 0 Å². The number of carbonyl (C=O) groups is 1. The molecular formula is C8H8N2O2S. The van der Waals surface area contributed by atoms with E-state index in [4.69, 9.17) is 5.11 Å². The summed E-state index contributed by atoms with van der Waals surface area (Å²) in [6.45, 7) is 1.85. The molecule has 0 aromatic carbocycles. The van der Waals surface area contributed by atoms with E-state index in [0.717, 1.165) is 11.8 Å². The summed E-state index contributed by atoms with van der Waals surface area (Å²) in [6, 6.07) is 1.78. The van der Waals surface area contributed by atoms with E-state index >= 15 is 0 Å². The molecule has 0 saturated carbocycles. The van der Waals surface area contributed by atoms with Crippen molar-refractivity contribution in [2.24, 2.45) is 0 Å². The van der Waals surface area contributed by atoms with Crippen LogP contribution in [0.1, 0.15) is 5.69 Å². The first-order valence-electron chi connectivity index (χ1n) is 3.54. The van der Waals surface area contributed by atoms with Gasteiger partial charge in [0.05, 0.1) is 0 Å². The van der Waals surface area contributed by atoms with Crippen LogP contribution in [0.25, 0.3) is 0 Å². The molecule has 5 heteroatoms. The summed E-state index contributed by atoms with van der Waals surface area (Å²) in [5.74, 6) is -0.972. The highest BCUT2D eigenvalue weighted by atomic mass is 32.2. The summed E-state index contributed by atoms with van der Waals surface area (Å²) in [7, 11) is 0. The van der Waals surface area contributed by atoms with Crippen LogP contribution in [0.4, 0.5) is 0 Å². The molecule has 0 amide bonds. The number of thioether (sulfide) groups is 1. The first-order valence-corrected chi connectivity index (χ1v) is 4.42. The van der Waals surface area contributed by atoms with Gasteiger partial charge in [0.2, 0.25) is 0 Å². The van der Waals surface area contributed by atoms with Gasteiger partial charge in [-0.05, 0) is 18.4 Å². The molecule has 0 aliphatic rings. The Morgan fingerprint density at radius 1 is 1.69 bits per heavy atom. The minimum atomic E-state index is -0.972. The van der Waals surface area contributed by atoms with E-state index in [1.54, 1.807) is 12.3 Å². The van der Waals surface area contributed by atoms with Gasteiger partial charge in [-0.3, -0.25) is 0 Å². The first kappa shape index (κ1) is 9.73. The fraction of sp³-hybridized carbons (Fsp3) is 0.125. The van der Waals surface area contributed by atoms with Gasteiger partial charge in [0, 0.05) is 18.0 Å². The van der Waals surface area contributed by atoms with Gasteiger partial charge in [0.15, 0.2) is 5.16 Å². The molecule has 4 nitrogen and oxygen atoms in total. The van der Waals surface area contributed by atoms with Crippen molar-refractivity contribution in [3.8, 4) is 0 Å². The van der Waals surface area contributed by atoms with E-state index < -0.39 is 5.97 Å². The van der Waals surface area contributed by atoms with Gasteiger partial charge in [0.25, 0.3) is 0 Å². The maximum Gasteiger partial charge on any atom is 0.328 e. The number of aryl methyl sites for hydroxylation is 1. The SMILES string of the molecule is Cc1ccnc(S/C=C/C(=O)O)n1. The molecule has 0 radical (unpaired) electrons. The van der Waals surface area contributed by atoms with Crippen molar-refractivity contribution in [1.82, 2.24) is 9.97 Å². The first-order chi connectivity index (χ1) is 6.18. The Morgan fingerprint density at radius 3 is 3.08 bits per heavy atom. The van der Waals surface area contributed by atoms with Crippen LogP contribution >= 0.6 is 11.8 Å². The van der Waals surface area contributed by atoms with Crippen molar-refractivity contribution in [3.05, 3.63) is 29.4 Å². The molecule has 1 N–H and O–H groups in total. The molecule has 0 aliphatic carbocycles. The second kappa shape index (κ2) is 4.61. The largest absolute Gasteiger partial charge is 0.478 e. The quantitative estimate of drug-likeness (QED) is 0.450. The molecule has 1 heterocycles. The molecule has 0 bridgehead atoms. The van der Waals surface area contributed by atoms with Crippen molar-refractivity contribution in [2.45, 2.75) is 12.1 Å². The molecular weight excluding hydrogens is 188 g/mol. The van der Waals surface area contributed by atoms with Crippen molar-refractivity contribution >= 4 is 17.7 Å². The van der Waals surface area contributed by atoms with Crippen LogP contribution < -0.4 is 0 Å². The average molecular weight is 196 g/mol. The van der Waals surface area contributed by atoms with E-state index in [2.05, 4.69) is 9.97 Å². The molecule has 0 atom stereocenters. The summed E-state index contributed by atoms with van der Waals surface area (Å²) >= 11 is 1.18. The fourth-order valence-corrected chi connectivity index (χ4v) is 1.26. The van der Waals surface area contributed by atoms with Crippen LogP contribution in [-0.2, 0) is 4.79 Å². The number of hydrogen-bond acceptors (Lipinski definition) is 4. The molecule has 13 heavy (non-hydrogen) atoms. The van der Waals surface area contributed by atoms with Gasteiger partial charge in [-0.2, -0.15) is 0 Å². The zero-order chi connectivity index (χ0) is 9.68. The Labute approximate surface area is 79.7 Å². The number of carboxylic acid groups (broad SMARTS) is 1. The number of aromatic nitrogens is 2. The lowest BCUT2D eigenvalue weighted by Crippen LogP contribution is -1.87. The van der Waals surface area contributed by atoms with Crippen molar-refractivity contribution < 1.29 is 9.90 Å². The standard InChI is InChI=1S/C8H8N2O2S/c1-6-2-4-9-8(10-6)13-5-3-7(11)12/h2-5H,1H3,(H,11,12)/b5-3+. The highest BCUT2D eigenvalue weighted by Crippen LogP contribution is 2.12. The number of hydrogen-bond donors (Lipinski definition) is 1. The lowest BCUT2D eigenvalue weighted by Gasteiger charge is -1.94. The van der Waals surface area contributed by atoms with Crippen molar-refractivity contribution in [3.63, 3.8) is 0 Å². The van der Waals surface area contributed by atoms with E-state index in [1.165, 1.54) is 17.2 Å². The summed E-state index contributed by atoms with van der Waals surface area (Å²) < 4.78 is 0. The summed E-state index contributed by atoms with van der Waals surface area (Å²) in [5, 5.41) is 10.3. The highest BCUT2D eigenvalue weighted by molar-refractivity contribution is 8.02. The topological polar surface area (TPSA) is 63.1 Å². The maximum absolute atomic E-state index is 10.1. The van der Waals surface area contributed by atoms with Crippen LogP contribution in [-0.4, -0.2) is 21.0 Å². The van der Waals surface area contributed by atoms with Crippen molar-refractivity contribution in [1.29, 1.82) is 0 Å². The summed E-state index contributed by atoms with van der Waals surface area (Å²) in [5.41, 5.74) is 0.862. The van der Waals surface area contributed by atoms with Gasteiger partial charge in [-0.1, -0.05) is 11.8 Å². The number of aliphatic carboxylic acids is 1. The van der Waals surface area contributed by atoms with Crippen LogP contribution in [0.3, 0.4) is 0 Å². The molecule has 1 aromatic heterocycles. The number of rotatable bonds is 3. The molecule has 0 saturated heterocycles. The number of nitrogens with zero attached hydrogens (tertiary/aromatic N) is 2. The lowest BCUT2D eigenvalue weighted by molar-refractivity contribution is -0.131. The highest BCUT2D eigenvalue weighted by Gasteiger charge is 1.94. The average Bonchev–Trinajstić information content (AvgIpc) is 2.03. The third-order valence-electron chi connectivity index (χ3n) is 1.16. The van der Waals surface area contributed by atoms with Crippen LogP contribution in [0.15, 0.2) is 28.9 Å². The second-order valence-electron chi connectivity index (χ2n) is 2.24. The van der Waals surface area contributed by atoms with Gasteiger partial charge in [-0.25, -0.2) is 14.8 Å². The van der Waals surface area contributed by atoms with Crippen LogP contribution in [0.2, 0.25) is 0 Å². The Bertz CT molecular complexity index is 339. The van der Waals surface area contributed by atoms with E-state index in [9.17, 15) is 4.79 Å². The third kappa shape index (κ3) is 3.71. The predicted octanol–water partition coefficient (Wildman–Crippen LogP) is 1.48. The normalized spacial score (nSPS) is 10.5. The molecule has 68 valence electrons. The smallest absolute Gasteiger partial charge is 0.328 e. The molecule has 0 unspecified atom stereocenters. The minimum absolute atomic E-state index is 0.553. The monoisotopic (exact) mass is 196 g/mol.